The summed E-state index contributed by atoms with van der Waals surface area (Å²) in [4.78, 5) is 11.3. The third-order valence-electron chi connectivity index (χ3n) is 2.38. The Bertz CT molecular complexity index is 448. The average Bonchev–Trinajstić information content (AvgIpc) is 2.43. The first-order valence-corrected chi connectivity index (χ1v) is 6.20. The third kappa shape index (κ3) is 6.35. The summed E-state index contributed by atoms with van der Waals surface area (Å²) in [5, 5.41) is 10.6. The minimum atomic E-state index is -4.76. The first kappa shape index (κ1) is 17.1. The highest BCUT2D eigenvalue weighted by atomic mass is 19.4. The Balaban J connectivity index is 2.32. The molecule has 8 heteroatoms. The zero-order valence-corrected chi connectivity index (χ0v) is 11.3. The molecule has 0 saturated carbocycles. The first-order valence-electron chi connectivity index (χ1n) is 6.20. The number of halogens is 3. The van der Waals surface area contributed by atoms with Gasteiger partial charge in [0.05, 0.1) is 13.2 Å². The van der Waals surface area contributed by atoms with E-state index in [0.29, 0.717) is 18.1 Å². The Morgan fingerprint density at radius 1 is 1.24 bits per heavy atom. The fraction of sp³-hybridized carbons (Fsp3) is 0.462. The Morgan fingerprint density at radius 3 is 2.24 bits per heavy atom. The van der Waals surface area contributed by atoms with Crippen LogP contribution in [0.25, 0.3) is 0 Å². The summed E-state index contributed by atoms with van der Waals surface area (Å²) in [6, 6.07) is 6.43. The van der Waals surface area contributed by atoms with E-state index < -0.39 is 31.3 Å². The van der Waals surface area contributed by atoms with Gasteiger partial charge in [0.2, 0.25) is 0 Å². The lowest BCUT2D eigenvalue weighted by Gasteiger charge is -2.15. The number of amides is 1. The number of carbonyl (C=O) groups excluding carboxylic acids is 1. The van der Waals surface area contributed by atoms with Gasteiger partial charge in [0.1, 0.15) is 11.5 Å². The number of rotatable bonds is 7. The second-order valence-corrected chi connectivity index (χ2v) is 4.05. The third-order valence-corrected chi connectivity index (χ3v) is 2.38. The molecule has 0 aliphatic rings. The molecule has 0 saturated heterocycles. The Morgan fingerprint density at radius 2 is 1.76 bits per heavy atom. The van der Waals surface area contributed by atoms with Crippen LogP contribution in [0.15, 0.2) is 24.3 Å². The van der Waals surface area contributed by atoms with Gasteiger partial charge in [-0.15, -0.1) is 0 Å². The van der Waals surface area contributed by atoms with Gasteiger partial charge >= 0.3 is 6.18 Å². The molecule has 0 spiro atoms. The number of alkyl halides is 3. The van der Waals surface area contributed by atoms with E-state index in [0.717, 1.165) is 0 Å². The van der Waals surface area contributed by atoms with Gasteiger partial charge in [0.15, 0.2) is 12.7 Å². The minimum absolute atomic E-state index is 0.380. The first-order chi connectivity index (χ1) is 9.82. The van der Waals surface area contributed by atoms with Crippen molar-refractivity contribution < 1.29 is 32.5 Å². The van der Waals surface area contributed by atoms with Crippen LogP contribution < -0.4 is 14.8 Å². The van der Waals surface area contributed by atoms with Gasteiger partial charge in [-0.2, -0.15) is 13.2 Å². The number of aliphatic hydroxyl groups excluding tert-OH is 1. The Hall–Kier alpha value is -1.96. The second kappa shape index (κ2) is 7.72. The SMILES string of the molecule is CCOc1ccc(OCC(=O)NCC(O)C(F)(F)F)cc1. The van der Waals surface area contributed by atoms with Crippen LogP contribution in [0.2, 0.25) is 0 Å². The van der Waals surface area contributed by atoms with E-state index in [4.69, 9.17) is 14.6 Å². The van der Waals surface area contributed by atoms with E-state index in [1.807, 2.05) is 12.2 Å². The summed E-state index contributed by atoms with van der Waals surface area (Å²) in [7, 11) is 0. The maximum atomic E-state index is 12.0. The van der Waals surface area contributed by atoms with Gasteiger partial charge in [0, 0.05) is 0 Å². The second-order valence-electron chi connectivity index (χ2n) is 4.05. The molecule has 5 nitrogen and oxygen atoms in total. The summed E-state index contributed by atoms with van der Waals surface area (Å²) in [5.41, 5.74) is 0. The molecular weight excluding hydrogens is 291 g/mol. The highest BCUT2D eigenvalue weighted by Gasteiger charge is 2.38. The fourth-order valence-corrected chi connectivity index (χ4v) is 1.32. The molecule has 0 heterocycles. The van der Waals surface area contributed by atoms with E-state index in [-0.39, 0.29) is 0 Å². The highest BCUT2D eigenvalue weighted by Crippen LogP contribution is 2.19. The summed E-state index contributed by atoms with van der Waals surface area (Å²) in [5.74, 6) is 0.264. The van der Waals surface area contributed by atoms with Crippen molar-refractivity contribution >= 4 is 5.91 Å². The van der Waals surface area contributed by atoms with Crippen molar-refractivity contribution in [3.63, 3.8) is 0 Å². The van der Waals surface area contributed by atoms with E-state index in [1.54, 1.807) is 24.3 Å². The molecule has 1 amide bonds. The molecule has 118 valence electrons. The molecule has 0 bridgehead atoms. The van der Waals surface area contributed by atoms with Crippen LogP contribution in [0.4, 0.5) is 13.2 Å². The monoisotopic (exact) mass is 307 g/mol. The van der Waals surface area contributed by atoms with Crippen molar-refractivity contribution in [2.45, 2.75) is 19.2 Å². The summed E-state index contributed by atoms with van der Waals surface area (Å²) in [6.07, 6.45) is -7.35. The molecular formula is C13H16F3NO4. The predicted octanol–water partition coefficient (Wildman–Crippen LogP) is 1.50. The van der Waals surface area contributed by atoms with Crippen LogP contribution in [0, 0.1) is 0 Å². The topological polar surface area (TPSA) is 67.8 Å². The van der Waals surface area contributed by atoms with Crippen LogP contribution in [-0.2, 0) is 4.79 Å². The van der Waals surface area contributed by atoms with Gasteiger partial charge in [-0.25, -0.2) is 0 Å². The van der Waals surface area contributed by atoms with Gasteiger partial charge in [-0.3, -0.25) is 4.79 Å². The number of aliphatic hydroxyl groups is 1. The molecule has 1 unspecified atom stereocenters. The molecule has 0 aliphatic heterocycles. The molecule has 0 fully saturated rings. The van der Waals surface area contributed by atoms with Crippen LogP contribution >= 0.6 is 0 Å². The molecule has 1 aromatic rings. The number of benzene rings is 1. The molecule has 2 N–H and O–H groups in total. The maximum absolute atomic E-state index is 12.0. The maximum Gasteiger partial charge on any atom is 0.416 e. The molecule has 1 rings (SSSR count). The lowest BCUT2D eigenvalue weighted by molar-refractivity contribution is -0.201. The molecule has 1 atom stereocenters. The van der Waals surface area contributed by atoms with Gasteiger partial charge < -0.3 is 19.9 Å². The number of nitrogens with one attached hydrogen (secondary N) is 1. The van der Waals surface area contributed by atoms with Crippen molar-refractivity contribution in [1.82, 2.24) is 5.32 Å². The number of carbonyl (C=O) groups is 1. The van der Waals surface area contributed by atoms with Crippen LogP contribution in [0.5, 0.6) is 11.5 Å². The number of ether oxygens (including phenoxy) is 2. The van der Waals surface area contributed by atoms with E-state index in [1.165, 1.54) is 0 Å². The smallest absolute Gasteiger partial charge is 0.416 e. The molecule has 0 aliphatic carbocycles. The van der Waals surface area contributed by atoms with Crippen molar-refractivity contribution in [2.75, 3.05) is 19.8 Å². The average molecular weight is 307 g/mol. The molecule has 21 heavy (non-hydrogen) atoms. The van der Waals surface area contributed by atoms with Crippen molar-refractivity contribution in [3.8, 4) is 11.5 Å². The van der Waals surface area contributed by atoms with Crippen molar-refractivity contribution in [3.05, 3.63) is 24.3 Å². The standard InChI is InChI=1S/C13H16F3NO4/c1-2-20-9-3-5-10(6-4-9)21-8-12(19)17-7-11(18)13(14,15)16/h3-6,11,18H,2,7-8H2,1H3,(H,17,19). The zero-order valence-electron chi connectivity index (χ0n) is 11.3. The van der Waals surface area contributed by atoms with Crippen molar-refractivity contribution in [2.24, 2.45) is 0 Å². The van der Waals surface area contributed by atoms with Crippen molar-refractivity contribution in [1.29, 1.82) is 0 Å². The Labute approximate surface area is 119 Å². The molecule has 1 aromatic carbocycles. The van der Waals surface area contributed by atoms with Gasteiger partial charge in [-0.05, 0) is 31.2 Å². The van der Waals surface area contributed by atoms with E-state index in [9.17, 15) is 18.0 Å². The largest absolute Gasteiger partial charge is 0.494 e. The lowest BCUT2D eigenvalue weighted by atomic mass is 10.3. The highest BCUT2D eigenvalue weighted by molar-refractivity contribution is 5.77. The summed E-state index contributed by atoms with van der Waals surface area (Å²) in [6.45, 7) is 1.00. The Kier molecular flexibility index (Phi) is 6.29. The van der Waals surface area contributed by atoms with Crippen LogP contribution in [0.3, 0.4) is 0 Å². The van der Waals surface area contributed by atoms with E-state index >= 15 is 0 Å². The van der Waals surface area contributed by atoms with Gasteiger partial charge in [-0.1, -0.05) is 0 Å². The normalized spacial score (nSPS) is 12.6. The summed E-state index contributed by atoms with van der Waals surface area (Å²) < 4.78 is 46.3. The number of hydrogen-bond donors (Lipinski definition) is 2. The molecule has 0 aromatic heterocycles. The zero-order chi connectivity index (χ0) is 15.9. The lowest BCUT2D eigenvalue weighted by Crippen LogP contribution is -2.42. The summed E-state index contributed by atoms with van der Waals surface area (Å²) >= 11 is 0. The number of hydrogen-bond acceptors (Lipinski definition) is 4. The van der Waals surface area contributed by atoms with Gasteiger partial charge in [0.25, 0.3) is 5.91 Å². The minimum Gasteiger partial charge on any atom is -0.494 e. The quantitative estimate of drug-likeness (QED) is 0.801. The van der Waals surface area contributed by atoms with E-state index in [2.05, 4.69) is 0 Å². The van der Waals surface area contributed by atoms with Crippen LogP contribution in [-0.4, -0.2) is 43.1 Å². The predicted molar refractivity (Wildman–Crippen MR) is 68.2 cm³/mol. The fourth-order valence-electron chi connectivity index (χ4n) is 1.32. The molecule has 0 radical (unpaired) electrons. The van der Waals surface area contributed by atoms with Crippen LogP contribution in [0.1, 0.15) is 6.92 Å².